The summed E-state index contributed by atoms with van der Waals surface area (Å²) >= 11 is 0. The standard InChI is InChI=1S/C9H6F6N2O2/c10-5-1-4(17(18)19)2-6(11)7(5)16-3-9(14,15)8(12)13/h1-2,8,16H,3H2. The number of hydrogen-bond acceptors (Lipinski definition) is 3. The lowest BCUT2D eigenvalue weighted by molar-refractivity contribution is -0.385. The third-order valence-corrected chi connectivity index (χ3v) is 2.06. The molecule has 1 aromatic rings. The van der Waals surface area contributed by atoms with Crippen molar-refractivity contribution >= 4 is 11.4 Å². The van der Waals surface area contributed by atoms with Gasteiger partial charge in [-0.25, -0.2) is 17.6 Å². The Kier molecular flexibility index (Phi) is 4.22. The summed E-state index contributed by atoms with van der Waals surface area (Å²) in [6.45, 7) is -1.71. The number of nitrogens with zero attached hydrogens (tertiary/aromatic N) is 1. The first-order valence-corrected chi connectivity index (χ1v) is 4.68. The van der Waals surface area contributed by atoms with E-state index in [1.165, 1.54) is 5.32 Å². The third kappa shape index (κ3) is 3.48. The zero-order valence-corrected chi connectivity index (χ0v) is 8.97. The van der Waals surface area contributed by atoms with Crippen LogP contribution < -0.4 is 5.32 Å². The van der Waals surface area contributed by atoms with Gasteiger partial charge in [-0.15, -0.1) is 0 Å². The SMILES string of the molecule is O=[N+]([O-])c1cc(F)c(NCC(F)(F)C(F)F)c(F)c1. The molecule has 0 saturated heterocycles. The zero-order valence-electron chi connectivity index (χ0n) is 8.97. The summed E-state index contributed by atoms with van der Waals surface area (Å²) in [7, 11) is 0. The third-order valence-electron chi connectivity index (χ3n) is 2.06. The summed E-state index contributed by atoms with van der Waals surface area (Å²) in [6.07, 6.45) is -4.01. The highest BCUT2D eigenvalue weighted by molar-refractivity contribution is 5.51. The fraction of sp³-hybridized carbons (Fsp3) is 0.333. The predicted molar refractivity (Wildman–Crippen MR) is 52.5 cm³/mol. The van der Waals surface area contributed by atoms with E-state index in [-0.39, 0.29) is 12.1 Å². The summed E-state index contributed by atoms with van der Waals surface area (Å²) in [5.41, 5.74) is -2.06. The van der Waals surface area contributed by atoms with E-state index in [0.717, 1.165) is 0 Å². The van der Waals surface area contributed by atoms with E-state index in [0.29, 0.717) is 0 Å². The Labute approximate surface area is 102 Å². The number of benzene rings is 1. The Hall–Kier alpha value is -2.00. The van der Waals surface area contributed by atoms with Gasteiger partial charge >= 0.3 is 12.3 Å². The minimum Gasteiger partial charge on any atom is -0.374 e. The van der Waals surface area contributed by atoms with Gasteiger partial charge in [0, 0.05) is 0 Å². The number of nitro groups is 1. The number of anilines is 1. The second-order valence-corrected chi connectivity index (χ2v) is 3.46. The molecule has 0 saturated carbocycles. The second-order valence-electron chi connectivity index (χ2n) is 3.46. The molecule has 0 amide bonds. The Balaban J connectivity index is 2.94. The van der Waals surface area contributed by atoms with E-state index < -0.39 is 46.8 Å². The topological polar surface area (TPSA) is 55.2 Å². The molecular weight excluding hydrogens is 282 g/mol. The smallest absolute Gasteiger partial charge is 0.324 e. The first kappa shape index (κ1) is 15.1. The number of hydrogen-bond donors (Lipinski definition) is 1. The molecule has 0 bridgehead atoms. The maximum Gasteiger partial charge on any atom is 0.324 e. The van der Waals surface area contributed by atoms with Crippen LogP contribution in [0, 0.1) is 21.7 Å². The molecule has 0 spiro atoms. The molecule has 106 valence electrons. The molecule has 1 aromatic carbocycles. The van der Waals surface area contributed by atoms with Crippen LogP contribution in [0.15, 0.2) is 12.1 Å². The van der Waals surface area contributed by atoms with Crippen LogP contribution in [0.3, 0.4) is 0 Å². The van der Waals surface area contributed by atoms with Crippen molar-refractivity contribution < 1.29 is 31.3 Å². The van der Waals surface area contributed by atoms with Crippen molar-refractivity contribution in [3.05, 3.63) is 33.9 Å². The molecule has 10 heteroatoms. The Bertz CT molecular complexity index is 471. The van der Waals surface area contributed by atoms with E-state index in [1.54, 1.807) is 0 Å². The average molecular weight is 288 g/mol. The Morgan fingerprint density at radius 2 is 1.74 bits per heavy atom. The van der Waals surface area contributed by atoms with Crippen molar-refractivity contribution in [2.75, 3.05) is 11.9 Å². The van der Waals surface area contributed by atoms with Crippen LogP contribution in [0.4, 0.5) is 37.7 Å². The van der Waals surface area contributed by atoms with E-state index >= 15 is 0 Å². The zero-order chi connectivity index (χ0) is 14.8. The number of non-ortho nitro benzene ring substituents is 1. The van der Waals surface area contributed by atoms with Gasteiger partial charge in [-0.05, 0) is 0 Å². The first-order chi connectivity index (χ1) is 8.65. The molecule has 1 N–H and O–H groups in total. The van der Waals surface area contributed by atoms with Crippen LogP contribution in [-0.2, 0) is 0 Å². The van der Waals surface area contributed by atoms with Gasteiger partial charge in [-0.2, -0.15) is 8.78 Å². The fourth-order valence-electron chi connectivity index (χ4n) is 1.12. The molecule has 0 fully saturated rings. The highest BCUT2D eigenvalue weighted by atomic mass is 19.3. The normalized spacial score (nSPS) is 11.7. The van der Waals surface area contributed by atoms with Crippen molar-refractivity contribution in [1.82, 2.24) is 0 Å². The van der Waals surface area contributed by atoms with Crippen LogP contribution in [0.5, 0.6) is 0 Å². The summed E-state index contributed by atoms with van der Waals surface area (Å²) in [6, 6.07) is 0.567. The van der Waals surface area contributed by atoms with Gasteiger partial charge < -0.3 is 5.32 Å². The van der Waals surface area contributed by atoms with Gasteiger partial charge in [0.05, 0.1) is 23.6 Å². The van der Waals surface area contributed by atoms with Crippen molar-refractivity contribution in [1.29, 1.82) is 0 Å². The van der Waals surface area contributed by atoms with Crippen LogP contribution in [0.25, 0.3) is 0 Å². The van der Waals surface area contributed by atoms with E-state index in [9.17, 15) is 36.5 Å². The molecule has 0 aliphatic carbocycles. The van der Waals surface area contributed by atoms with E-state index in [1.807, 2.05) is 0 Å². The molecule has 1 rings (SSSR count). The van der Waals surface area contributed by atoms with Crippen molar-refractivity contribution in [3.63, 3.8) is 0 Å². The van der Waals surface area contributed by atoms with E-state index in [2.05, 4.69) is 0 Å². The lowest BCUT2D eigenvalue weighted by Gasteiger charge is -2.17. The summed E-state index contributed by atoms with van der Waals surface area (Å²) in [4.78, 5) is 9.16. The summed E-state index contributed by atoms with van der Waals surface area (Å²) in [5.74, 6) is -7.55. The predicted octanol–water partition coefficient (Wildman–Crippen LogP) is 3.19. The van der Waals surface area contributed by atoms with Crippen molar-refractivity contribution in [3.8, 4) is 0 Å². The lowest BCUT2D eigenvalue weighted by Crippen LogP contribution is -2.35. The molecule has 0 unspecified atom stereocenters. The van der Waals surface area contributed by atoms with Crippen LogP contribution in [0.1, 0.15) is 0 Å². The molecule has 0 atom stereocenters. The average Bonchev–Trinajstić information content (AvgIpc) is 2.27. The molecule has 19 heavy (non-hydrogen) atoms. The second kappa shape index (κ2) is 5.33. The molecule has 4 nitrogen and oxygen atoms in total. The summed E-state index contributed by atoms with van der Waals surface area (Å²) < 4.78 is 75.1. The number of alkyl halides is 4. The quantitative estimate of drug-likeness (QED) is 0.514. The molecule has 0 aliphatic heterocycles. The van der Waals surface area contributed by atoms with Gasteiger partial charge in [0.25, 0.3) is 5.69 Å². The fourth-order valence-corrected chi connectivity index (χ4v) is 1.12. The minimum atomic E-state index is -4.49. The largest absolute Gasteiger partial charge is 0.374 e. The summed E-state index contributed by atoms with van der Waals surface area (Å²) in [5, 5.41) is 11.7. The molecule has 0 heterocycles. The van der Waals surface area contributed by atoms with Crippen LogP contribution in [-0.4, -0.2) is 23.8 Å². The monoisotopic (exact) mass is 288 g/mol. The lowest BCUT2D eigenvalue weighted by atomic mass is 10.2. The molecular formula is C9H6F6N2O2. The maximum absolute atomic E-state index is 13.2. The Morgan fingerprint density at radius 1 is 1.26 bits per heavy atom. The van der Waals surface area contributed by atoms with E-state index in [4.69, 9.17) is 0 Å². The van der Waals surface area contributed by atoms with Gasteiger partial charge in [-0.1, -0.05) is 0 Å². The van der Waals surface area contributed by atoms with Gasteiger partial charge in [0.2, 0.25) is 0 Å². The number of nitro benzene ring substituents is 1. The highest BCUT2D eigenvalue weighted by Gasteiger charge is 2.40. The van der Waals surface area contributed by atoms with Gasteiger partial charge in [0.15, 0.2) is 11.6 Å². The van der Waals surface area contributed by atoms with Crippen molar-refractivity contribution in [2.24, 2.45) is 0 Å². The van der Waals surface area contributed by atoms with Crippen LogP contribution in [0.2, 0.25) is 0 Å². The molecule has 0 aliphatic rings. The number of nitrogens with one attached hydrogen (secondary N) is 1. The minimum absolute atomic E-state index is 0.284. The van der Waals surface area contributed by atoms with Gasteiger partial charge in [-0.3, -0.25) is 10.1 Å². The van der Waals surface area contributed by atoms with Crippen LogP contribution >= 0.6 is 0 Å². The van der Waals surface area contributed by atoms with Gasteiger partial charge in [0.1, 0.15) is 5.69 Å². The highest BCUT2D eigenvalue weighted by Crippen LogP contribution is 2.28. The number of rotatable bonds is 5. The number of halogens is 6. The molecule has 0 radical (unpaired) electrons. The maximum atomic E-state index is 13.2. The Morgan fingerprint density at radius 3 is 2.11 bits per heavy atom. The first-order valence-electron chi connectivity index (χ1n) is 4.68. The molecule has 0 aromatic heterocycles. The van der Waals surface area contributed by atoms with Crippen molar-refractivity contribution in [2.45, 2.75) is 12.3 Å².